The van der Waals surface area contributed by atoms with Gasteiger partial charge in [0.15, 0.2) is 0 Å². The Kier molecular flexibility index (Phi) is 5.11. The maximum atomic E-state index is 13.3. The Morgan fingerprint density at radius 1 is 1.00 bits per heavy atom. The van der Waals surface area contributed by atoms with E-state index < -0.39 is 0 Å². The van der Waals surface area contributed by atoms with E-state index in [9.17, 15) is 4.79 Å². The molecule has 1 aromatic heterocycles. The summed E-state index contributed by atoms with van der Waals surface area (Å²) in [6.45, 7) is 4.82. The highest BCUT2D eigenvalue weighted by molar-refractivity contribution is 7.15. The molecule has 1 unspecified atom stereocenters. The van der Waals surface area contributed by atoms with Gasteiger partial charge in [-0.05, 0) is 55.3 Å². The number of carbonyl (C=O) groups is 1. The van der Waals surface area contributed by atoms with Crippen LogP contribution in [-0.2, 0) is 24.3 Å². The van der Waals surface area contributed by atoms with Crippen LogP contribution in [0.3, 0.4) is 0 Å². The monoisotopic (exact) mass is 443 g/mol. The van der Waals surface area contributed by atoms with E-state index in [1.807, 2.05) is 12.3 Å². The van der Waals surface area contributed by atoms with Gasteiger partial charge in [-0.25, -0.2) is 4.98 Å². The van der Waals surface area contributed by atoms with Crippen molar-refractivity contribution in [2.24, 2.45) is 11.3 Å². The van der Waals surface area contributed by atoms with Crippen LogP contribution in [0.15, 0.2) is 60.8 Å². The molecule has 1 saturated carbocycles. The van der Waals surface area contributed by atoms with Crippen molar-refractivity contribution in [1.29, 1.82) is 0 Å². The molecule has 0 N–H and O–H groups in total. The molecular formula is C27H29N3OS. The first-order valence-corrected chi connectivity index (χ1v) is 12.6. The van der Waals surface area contributed by atoms with Gasteiger partial charge in [-0.3, -0.25) is 9.69 Å². The number of thiazole rings is 1. The van der Waals surface area contributed by atoms with Crippen molar-refractivity contribution >= 4 is 17.2 Å². The minimum Gasteiger partial charge on any atom is -0.338 e. The maximum Gasteiger partial charge on any atom is 0.226 e. The standard InChI is InChI=1S/C27H29N3OS/c31-26(30-13-10-20-6-4-5-9-22(20)18-30)24-16-27(24)11-14-29(15-12-27)19-23-17-28-25(32-23)21-7-2-1-3-8-21/h1-9,17,24H,10-16,18-19H2. The highest BCUT2D eigenvalue weighted by atomic mass is 32.1. The SMILES string of the molecule is O=C(C1CC12CCN(Cc1cnc(-c3ccccc3)s1)CC2)N1CCc2ccccc2C1. The first kappa shape index (κ1) is 20.1. The van der Waals surface area contributed by atoms with Crippen molar-refractivity contribution in [2.45, 2.75) is 38.8 Å². The number of rotatable bonds is 4. The van der Waals surface area contributed by atoms with Crippen LogP contribution in [-0.4, -0.2) is 40.3 Å². The van der Waals surface area contributed by atoms with Crippen LogP contribution in [0.2, 0.25) is 0 Å². The predicted molar refractivity (Wildman–Crippen MR) is 128 cm³/mol. The summed E-state index contributed by atoms with van der Waals surface area (Å²) >= 11 is 1.80. The van der Waals surface area contributed by atoms with Crippen LogP contribution >= 0.6 is 11.3 Å². The lowest BCUT2D eigenvalue weighted by Crippen LogP contribution is -2.40. The van der Waals surface area contributed by atoms with Crippen molar-refractivity contribution in [2.75, 3.05) is 19.6 Å². The van der Waals surface area contributed by atoms with E-state index in [4.69, 9.17) is 0 Å². The Morgan fingerprint density at radius 2 is 1.75 bits per heavy atom. The zero-order chi connectivity index (χ0) is 21.5. The van der Waals surface area contributed by atoms with Crippen LogP contribution < -0.4 is 0 Å². The fourth-order valence-corrected chi connectivity index (χ4v) is 6.59. The van der Waals surface area contributed by atoms with E-state index in [1.54, 1.807) is 11.3 Å². The fraction of sp³-hybridized carbons (Fsp3) is 0.407. The molecule has 1 saturated heterocycles. The number of aromatic nitrogens is 1. The number of carbonyl (C=O) groups excluding carboxylic acids is 1. The molecule has 2 aromatic carbocycles. The van der Waals surface area contributed by atoms with E-state index in [0.717, 1.165) is 63.4 Å². The van der Waals surface area contributed by atoms with Crippen molar-refractivity contribution in [1.82, 2.24) is 14.8 Å². The highest BCUT2D eigenvalue weighted by Gasteiger charge is 2.59. The van der Waals surface area contributed by atoms with Gasteiger partial charge >= 0.3 is 0 Å². The number of nitrogens with zero attached hydrogens (tertiary/aromatic N) is 3. The Hall–Kier alpha value is -2.50. The minimum atomic E-state index is 0.253. The van der Waals surface area contributed by atoms with Crippen molar-refractivity contribution in [3.05, 3.63) is 76.8 Å². The average molecular weight is 444 g/mol. The van der Waals surface area contributed by atoms with E-state index in [0.29, 0.717) is 5.91 Å². The zero-order valence-electron chi connectivity index (χ0n) is 18.4. The molecule has 4 nitrogen and oxygen atoms in total. The summed E-state index contributed by atoms with van der Waals surface area (Å²) in [6.07, 6.45) is 6.43. The molecular weight excluding hydrogens is 414 g/mol. The van der Waals surface area contributed by atoms with Crippen LogP contribution in [0.25, 0.3) is 10.6 Å². The van der Waals surface area contributed by atoms with Gasteiger partial charge in [0.25, 0.3) is 0 Å². The van der Waals surface area contributed by atoms with Crippen LogP contribution in [0.1, 0.15) is 35.3 Å². The number of amides is 1. The molecule has 1 spiro atoms. The van der Waals surface area contributed by atoms with Crippen molar-refractivity contribution in [3.8, 4) is 10.6 Å². The van der Waals surface area contributed by atoms with Crippen molar-refractivity contribution < 1.29 is 4.79 Å². The van der Waals surface area contributed by atoms with Crippen molar-refractivity contribution in [3.63, 3.8) is 0 Å². The summed E-state index contributed by atoms with van der Waals surface area (Å²) in [6, 6.07) is 19.0. The molecule has 32 heavy (non-hydrogen) atoms. The van der Waals surface area contributed by atoms with Gasteiger partial charge in [-0.2, -0.15) is 0 Å². The smallest absolute Gasteiger partial charge is 0.226 e. The second-order valence-electron chi connectivity index (χ2n) is 9.67. The Labute approximate surface area is 193 Å². The molecule has 1 atom stereocenters. The molecule has 2 aliphatic heterocycles. The van der Waals surface area contributed by atoms with Gasteiger partial charge in [0.05, 0.1) is 0 Å². The molecule has 3 heterocycles. The lowest BCUT2D eigenvalue weighted by Gasteiger charge is -2.34. The normalized spacial score (nSPS) is 22.0. The van der Waals surface area contributed by atoms with Gasteiger partial charge in [-0.15, -0.1) is 11.3 Å². The Balaban J connectivity index is 1.03. The van der Waals surface area contributed by atoms with E-state index in [2.05, 4.69) is 63.3 Å². The van der Waals surface area contributed by atoms with E-state index in [1.165, 1.54) is 21.6 Å². The molecule has 6 rings (SSSR count). The third-order valence-corrected chi connectivity index (χ3v) is 8.77. The second-order valence-corrected chi connectivity index (χ2v) is 10.8. The first-order valence-electron chi connectivity index (χ1n) is 11.8. The largest absolute Gasteiger partial charge is 0.338 e. The second kappa shape index (κ2) is 8.13. The highest BCUT2D eigenvalue weighted by Crippen LogP contribution is 2.60. The Bertz CT molecular complexity index is 1120. The maximum absolute atomic E-state index is 13.3. The molecule has 1 amide bonds. The predicted octanol–water partition coefficient (Wildman–Crippen LogP) is 5.00. The molecule has 0 radical (unpaired) electrons. The minimum absolute atomic E-state index is 0.253. The topological polar surface area (TPSA) is 36.4 Å². The van der Waals surface area contributed by atoms with Gasteiger partial charge in [0, 0.05) is 42.2 Å². The quantitative estimate of drug-likeness (QED) is 0.570. The summed E-state index contributed by atoms with van der Waals surface area (Å²) in [5.74, 6) is 0.658. The van der Waals surface area contributed by atoms with Gasteiger partial charge < -0.3 is 4.90 Å². The summed E-state index contributed by atoms with van der Waals surface area (Å²) in [5, 5.41) is 1.10. The molecule has 164 valence electrons. The summed E-state index contributed by atoms with van der Waals surface area (Å²) < 4.78 is 0. The fourth-order valence-electron chi connectivity index (χ4n) is 5.63. The Morgan fingerprint density at radius 3 is 2.56 bits per heavy atom. The van der Waals surface area contributed by atoms with Gasteiger partial charge in [-0.1, -0.05) is 54.6 Å². The third-order valence-electron chi connectivity index (χ3n) is 7.74. The van der Waals surface area contributed by atoms with E-state index >= 15 is 0 Å². The number of benzene rings is 2. The van der Waals surface area contributed by atoms with Crippen LogP contribution in [0.4, 0.5) is 0 Å². The first-order chi connectivity index (χ1) is 15.7. The number of piperidine rings is 1. The number of hydrogen-bond donors (Lipinski definition) is 0. The summed E-state index contributed by atoms with van der Waals surface area (Å²) in [4.78, 5) is 23.9. The summed E-state index contributed by atoms with van der Waals surface area (Å²) in [5.41, 5.74) is 4.21. The number of hydrogen-bond acceptors (Lipinski definition) is 4. The number of likely N-dealkylation sites (tertiary alicyclic amines) is 1. The number of fused-ring (bicyclic) bond motifs is 1. The summed E-state index contributed by atoms with van der Waals surface area (Å²) in [7, 11) is 0. The van der Waals surface area contributed by atoms with Gasteiger partial charge in [0.1, 0.15) is 5.01 Å². The van der Waals surface area contributed by atoms with Crippen LogP contribution in [0, 0.1) is 11.3 Å². The third kappa shape index (κ3) is 3.78. The van der Waals surface area contributed by atoms with Gasteiger partial charge in [0.2, 0.25) is 5.91 Å². The molecule has 2 fully saturated rings. The van der Waals surface area contributed by atoms with E-state index in [-0.39, 0.29) is 11.3 Å². The lowest BCUT2D eigenvalue weighted by molar-refractivity contribution is -0.134. The molecule has 1 aliphatic carbocycles. The molecule has 5 heteroatoms. The molecule has 0 bridgehead atoms. The molecule has 3 aromatic rings. The zero-order valence-corrected chi connectivity index (χ0v) is 19.2. The average Bonchev–Trinajstić information content (AvgIpc) is 3.34. The molecule has 3 aliphatic rings. The van der Waals surface area contributed by atoms with Crippen LogP contribution in [0.5, 0.6) is 0 Å². The lowest BCUT2D eigenvalue weighted by atomic mass is 9.90.